The average molecular weight is 279 g/mol. The third kappa shape index (κ3) is 3.03. The SMILES string of the molecule is CCCN(CCOC)C(=O)c1c2c(nn1C)CCCC2. The van der Waals surface area contributed by atoms with Crippen molar-refractivity contribution < 1.29 is 9.53 Å². The molecule has 0 atom stereocenters. The largest absolute Gasteiger partial charge is 0.383 e. The molecule has 1 heterocycles. The number of aromatic nitrogens is 2. The number of aryl methyl sites for hydroxylation is 2. The lowest BCUT2D eigenvalue weighted by Crippen LogP contribution is -2.36. The second-order valence-corrected chi connectivity index (χ2v) is 5.39. The summed E-state index contributed by atoms with van der Waals surface area (Å²) in [4.78, 5) is 14.7. The molecule has 0 spiro atoms. The maximum Gasteiger partial charge on any atom is 0.272 e. The third-order valence-corrected chi connectivity index (χ3v) is 3.87. The normalized spacial score (nSPS) is 14.2. The summed E-state index contributed by atoms with van der Waals surface area (Å²) in [6.07, 6.45) is 5.27. The van der Waals surface area contributed by atoms with E-state index in [0.717, 1.165) is 43.6 Å². The van der Waals surface area contributed by atoms with Crippen molar-refractivity contribution in [3.05, 3.63) is 17.0 Å². The lowest BCUT2D eigenvalue weighted by molar-refractivity contribution is 0.0683. The van der Waals surface area contributed by atoms with Crippen LogP contribution in [0.15, 0.2) is 0 Å². The first-order valence-corrected chi connectivity index (χ1v) is 7.52. The maximum atomic E-state index is 12.8. The average Bonchev–Trinajstić information content (AvgIpc) is 2.78. The van der Waals surface area contributed by atoms with Crippen molar-refractivity contribution >= 4 is 5.91 Å². The topological polar surface area (TPSA) is 47.4 Å². The van der Waals surface area contributed by atoms with Gasteiger partial charge in [-0.05, 0) is 32.1 Å². The standard InChI is InChI=1S/C15H25N3O2/c1-4-9-18(10-11-20-3)15(19)14-12-7-5-6-8-13(12)16-17(14)2/h4-11H2,1-3H3. The Morgan fingerprint density at radius 2 is 2.10 bits per heavy atom. The van der Waals surface area contributed by atoms with Gasteiger partial charge in [0.1, 0.15) is 5.69 Å². The molecule has 1 amide bonds. The van der Waals surface area contributed by atoms with Gasteiger partial charge in [-0.15, -0.1) is 0 Å². The molecule has 0 unspecified atom stereocenters. The van der Waals surface area contributed by atoms with E-state index in [1.807, 2.05) is 11.9 Å². The van der Waals surface area contributed by atoms with Crippen LogP contribution in [0.5, 0.6) is 0 Å². The number of amides is 1. The van der Waals surface area contributed by atoms with Crippen LogP contribution in [0, 0.1) is 0 Å². The molecular weight excluding hydrogens is 254 g/mol. The predicted octanol–water partition coefficient (Wildman–Crippen LogP) is 1.80. The third-order valence-electron chi connectivity index (χ3n) is 3.87. The van der Waals surface area contributed by atoms with E-state index in [2.05, 4.69) is 12.0 Å². The molecule has 1 aromatic heterocycles. The Kier molecular flexibility index (Phi) is 5.17. The second-order valence-electron chi connectivity index (χ2n) is 5.39. The Morgan fingerprint density at radius 3 is 2.80 bits per heavy atom. The number of carbonyl (C=O) groups excluding carboxylic acids is 1. The van der Waals surface area contributed by atoms with Crippen LogP contribution < -0.4 is 0 Å². The number of carbonyl (C=O) groups is 1. The Bertz CT molecular complexity index is 468. The van der Waals surface area contributed by atoms with Crippen LogP contribution in [0.4, 0.5) is 0 Å². The minimum absolute atomic E-state index is 0.0991. The molecule has 0 saturated carbocycles. The molecule has 0 aromatic carbocycles. The van der Waals surface area contributed by atoms with Gasteiger partial charge in [0.25, 0.3) is 5.91 Å². The van der Waals surface area contributed by atoms with Crippen LogP contribution in [0.3, 0.4) is 0 Å². The summed E-state index contributed by atoms with van der Waals surface area (Å²) in [6.45, 7) is 4.07. The highest BCUT2D eigenvalue weighted by Gasteiger charge is 2.26. The first kappa shape index (κ1) is 15.0. The smallest absolute Gasteiger partial charge is 0.272 e. The first-order valence-electron chi connectivity index (χ1n) is 7.52. The van der Waals surface area contributed by atoms with Gasteiger partial charge in [-0.25, -0.2) is 0 Å². The molecule has 0 fully saturated rings. The van der Waals surface area contributed by atoms with E-state index in [4.69, 9.17) is 4.74 Å². The van der Waals surface area contributed by atoms with Crippen molar-refractivity contribution in [2.45, 2.75) is 39.0 Å². The molecule has 5 heteroatoms. The van der Waals surface area contributed by atoms with Crippen LogP contribution in [0.2, 0.25) is 0 Å². The lowest BCUT2D eigenvalue weighted by atomic mass is 9.95. The van der Waals surface area contributed by atoms with Crippen molar-refractivity contribution in [2.24, 2.45) is 7.05 Å². The van der Waals surface area contributed by atoms with Gasteiger partial charge in [0.05, 0.1) is 12.3 Å². The highest BCUT2D eigenvalue weighted by molar-refractivity contribution is 5.94. The molecule has 0 aliphatic heterocycles. The minimum Gasteiger partial charge on any atom is -0.383 e. The number of nitrogens with zero attached hydrogens (tertiary/aromatic N) is 3. The molecule has 1 aliphatic carbocycles. The van der Waals surface area contributed by atoms with E-state index in [1.165, 1.54) is 12.0 Å². The van der Waals surface area contributed by atoms with Crippen molar-refractivity contribution in [1.29, 1.82) is 0 Å². The molecule has 0 bridgehead atoms. The van der Waals surface area contributed by atoms with E-state index in [-0.39, 0.29) is 5.91 Å². The molecule has 20 heavy (non-hydrogen) atoms. The van der Waals surface area contributed by atoms with Gasteiger partial charge in [0, 0.05) is 32.8 Å². The summed E-state index contributed by atoms with van der Waals surface area (Å²) in [7, 11) is 3.55. The summed E-state index contributed by atoms with van der Waals surface area (Å²) in [5.74, 6) is 0.0991. The Balaban J connectivity index is 2.24. The molecule has 5 nitrogen and oxygen atoms in total. The molecule has 0 N–H and O–H groups in total. The summed E-state index contributed by atoms with van der Waals surface area (Å²) in [6, 6.07) is 0. The summed E-state index contributed by atoms with van der Waals surface area (Å²) < 4.78 is 6.88. The van der Waals surface area contributed by atoms with E-state index in [0.29, 0.717) is 13.2 Å². The number of fused-ring (bicyclic) bond motifs is 1. The molecule has 1 aromatic rings. The van der Waals surface area contributed by atoms with Crippen LogP contribution in [-0.2, 0) is 24.6 Å². The van der Waals surface area contributed by atoms with Gasteiger partial charge in [0.15, 0.2) is 0 Å². The van der Waals surface area contributed by atoms with E-state index >= 15 is 0 Å². The molecule has 2 rings (SSSR count). The Labute approximate surface area is 120 Å². The fourth-order valence-corrected chi connectivity index (χ4v) is 2.88. The van der Waals surface area contributed by atoms with Crippen molar-refractivity contribution in [3.8, 4) is 0 Å². The number of methoxy groups -OCH3 is 1. The van der Waals surface area contributed by atoms with Gasteiger partial charge < -0.3 is 9.64 Å². The minimum atomic E-state index is 0.0991. The first-order chi connectivity index (χ1) is 9.69. The van der Waals surface area contributed by atoms with Crippen molar-refractivity contribution in [2.75, 3.05) is 26.8 Å². The monoisotopic (exact) mass is 279 g/mol. The molecular formula is C15H25N3O2. The van der Waals surface area contributed by atoms with Crippen molar-refractivity contribution in [3.63, 3.8) is 0 Å². The molecule has 112 valence electrons. The van der Waals surface area contributed by atoms with Crippen LogP contribution in [0.1, 0.15) is 47.9 Å². The van der Waals surface area contributed by atoms with E-state index < -0.39 is 0 Å². The summed E-state index contributed by atoms with van der Waals surface area (Å²) in [5, 5.41) is 4.53. The van der Waals surface area contributed by atoms with Gasteiger partial charge in [-0.3, -0.25) is 9.48 Å². The number of rotatable bonds is 6. The molecule has 0 saturated heterocycles. The Hall–Kier alpha value is -1.36. The fourth-order valence-electron chi connectivity index (χ4n) is 2.88. The highest BCUT2D eigenvalue weighted by Crippen LogP contribution is 2.24. The Morgan fingerprint density at radius 1 is 1.35 bits per heavy atom. The van der Waals surface area contributed by atoms with E-state index in [1.54, 1.807) is 11.8 Å². The van der Waals surface area contributed by atoms with Crippen molar-refractivity contribution in [1.82, 2.24) is 14.7 Å². The van der Waals surface area contributed by atoms with Crippen LogP contribution in [-0.4, -0.2) is 47.4 Å². The fraction of sp³-hybridized carbons (Fsp3) is 0.733. The summed E-state index contributed by atoms with van der Waals surface area (Å²) in [5.41, 5.74) is 3.07. The highest BCUT2D eigenvalue weighted by atomic mass is 16.5. The summed E-state index contributed by atoms with van der Waals surface area (Å²) >= 11 is 0. The zero-order valence-corrected chi connectivity index (χ0v) is 12.8. The quantitative estimate of drug-likeness (QED) is 0.797. The van der Waals surface area contributed by atoms with E-state index in [9.17, 15) is 4.79 Å². The van der Waals surface area contributed by atoms with Gasteiger partial charge >= 0.3 is 0 Å². The van der Waals surface area contributed by atoms with Gasteiger partial charge in [-0.2, -0.15) is 5.10 Å². The zero-order valence-electron chi connectivity index (χ0n) is 12.8. The zero-order chi connectivity index (χ0) is 14.5. The molecule has 1 aliphatic rings. The van der Waals surface area contributed by atoms with Gasteiger partial charge in [0.2, 0.25) is 0 Å². The second kappa shape index (κ2) is 6.88. The lowest BCUT2D eigenvalue weighted by Gasteiger charge is -2.22. The van der Waals surface area contributed by atoms with Gasteiger partial charge in [-0.1, -0.05) is 6.92 Å². The predicted molar refractivity (Wildman–Crippen MR) is 77.9 cm³/mol. The number of ether oxygens (including phenoxy) is 1. The maximum absolute atomic E-state index is 12.8. The number of hydrogen-bond donors (Lipinski definition) is 0. The number of hydrogen-bond acceptors (Lipinski definition) is 3. The molecule has 0 radical (unpaired) electrons. The van der Waals surface area contributed by atoms with Crippen LogP contribution >= 0.6 is 0 Å². The van der Waals surface area contributed by atoms with Crippen LogP contribution in [0.25, 0.3) is 0 Å².